The van der Waals surface area contributed by atoms with Crippen LogP contribution in [0.4, 0.5) is 10.5 Å². The Balaban J connectivity index is 1.73. The maximum Gasteiger partial charge on any atom is 0.322 e. The number of anilines is 1. The number of hydrogen-bond donors (Lipinski definition) is 1. The SMILES string of the molecule is O=C(Nc1ccccc1)N(Cc1cccs1)C1CCOCC1. The molecule has 2 aromatic rings. The average Bonchev–Trinajstić information content (AvgIpc) is 3.07. The van der Waals surface area contributed by atoms with E-state index in [-0.39, 0.29) is 12.1 Å². The monoisotopic (exact) mass is 316 g/mol. The molecule has 1 aliphatic rings. The lowest BCUT2D eigenvalue weighted by molar-refractivity contribution is 0.0462. The van der Waals surface area contributed by atoms with Gasteiger partial charge in [-0.25, -0.2) is 4.79 Å². The lowest BCUT2D eigenvalue weighted by Gasteiger charge is -2.34. The molecular weight excluding hydrogens is 296 g/mol. The van der Waals surface area contributed by atoms with Gasteiger partial charge >= 0.3 is 6.03 Å². The van der Waals surface area contributed by atoms with E-state index >= 15 is 0 Å². The molecule has 2 heterocycles. The zero-order valence-electron chi connectivity index (χ0n) is 12.4. The first kappa shape index (κ1) is 15.1. The van der Waals surface area contributed by atoms with Crippen LogP contribution >= 0.6 is 11.3 Å². The number of hydrogen-bond acceptors (Lipinski definition) is 3. The fourth-order valence-electron chi connectivity index (χ4n) is 2.65. The summed E-state index contributed by atoms with van der Waals surface area (Å²) in [5.41, 5.74) is 0.829. The molecule has 1 N–H and O–H groups in total. The van der Waals surface area contributed by atoms with Crippen LogP contribution < -0.4 is 5.32 Å². The highest BCUT2D eigenvalue weighted by Crippen LogP contribution is 2.21. The molecule has 5 heteroatoms. The summed E-state index contributed by atoms with van der Waals surface area (Å²) < 4.78 is 5.43. The molecule has 0 atom stereocenters. The van der Waals surface area contributed by atoms with Gasteiger partial charge in [-0.05, 0) is 36.4 Å². The summed E-state index contributed by atoms with van der Waals surface area (Å²) in [6.45, 7) is 2.11. The standard InChI is InChI=1S/C17H20N2O2S/c20-17(18-14-5-2-1-3-6-14)19(13-16-7-4-12-22-16)15-8-10-21-11-9-15/h1-7,12,15H,8-11,13H2,(H,18,20). The van der Waals surface area contributed by atoms with Crippen LogP contribution in [-0.4, -0.2) is 30.2 Å². The number of ether oxygens (including phenoxy) is 1. The highest BCUT2D eigenvalue weighted by Gasteiger charge is 2.26. The van der Waals surface area contributed by atoms with Crippen molar-refractivity contribution in [1.82, 2.24) is 4.90 Å². The topological polar surface area (TPSA) is 41.6 Å². The summed E-state index contributed by atoms with van der Waals surface area (Å²) in [5.74, 6) is 0. The molecule has 1 fully saturated rings. The Kier molecular flexibility index (Phi) is 5.08. The Labute approximate surface area is 134 Å². The third-order valence-corrected chi connectivity index (χ3v) is 4.68. The van der Waals surface area contributed by atoms with Crippen molar-refractivity contribution in [2.24, 2.45) is 0 Å². The number of urea groups is 1. The maximum absolute atomic E-state index is 12.7. The van der Waals surface area contributed by atoms with E-state index < -0.39 is 0 Å². The summed E-state index contributed by atoms with van der Waals surface area (Å²) in [5, 5.41) is 5.05. The third-order valence-electron chi connectivity index (χ3n) is 3.82. The fourth-order valence-corrected chi connectivity index (χ4v) is 3.35. The van der Waals surface area contributed by atoms with Gasteiger partial charge in [0.05, 0.1) is 6.54 Å². The molecule has 0 saturated carbocycles. The number of rotatable bonds is 4. The number of benzene rings is 1. The zero-order chi connectivity index (χ0) is 15.2. The van der Waals surface area contributed by atoms with Gasteiger partial charge in [0.1, 0.15) is 0 Å². The Bertz CT molecular complexity index is 580. The summed E-state index contributed by atoms with van der Waals surface area (Å²) in [7, 11) is 0. The Morgan fingerprint density at radius 1 is 1.18 bits per heavy atom. The molecular formula is C17H20N2O2S. The minimum Gasteiger partial charge on any atom is -0.381 e. The second-order valence-electron chi connectivity index (χ2n) is 5.35. The van der Waals surface area contributed by atoms with Crippen LogP contribution in [0.25, 0.3) is 0 Å². The number of para-hydroxylation sites is 1. The van der Waals surface area contributed by atoms with E-state index in [1.165, 1.54) is 4.88 Å². The minimum absolute atomic E-state index is 0.0356. The van der Waals surface area contributed by atoms with Crippen molar-refractivity contribution in [3.8, 4) is 0 Å². The van der Waals surface area contributed by atoms with Crippen molar-refractivity contribution in [3.05, 3.63) is 52.7 Å². The average molecular weight is 316 g/mol. The van der Waals surface area contributed by atoms with Gasteiger partial charge in [-0.1, -0.05) is 24.3 Å². The molecule has 22 heavy (non-hydrogen) atoms. The maximum atomic E-state index is 12.7. The summed E-state index contributed by atoms with van der Waals surface area (Å²) in [6.07, 6.45) is 1.79. The predicted octanol–water partition coefficient (Wildman–Crippen LogP) is 3.96. The molecule has 0 unspecified atom stereocenters. The van der Waals surface area contributed by atoms with Crippen LogP contribution in [0.2, 0.25) is 0 Å². The molecule has 4 nitrogen and oxygen atoms in total. The van der Waals surface area contributed by atoms with Crippen molar-refractivity contribution in [2.75, 3.05) is 18.5 Å². The highest BCUT2D eigenvalue weighted by atomic mass is 32.1. The molecule has 1 aromatic carbocycles. The van der Waals surface area contributed by atoms with Gasteiger partial charge in [0.25, 0.3) is 0 Å². The van der Waals surface area contributed by atoms with E-state index in [0.717, 1.165) is 31.7 Å². The van der Waals surface area contributed by atoms with Crippen LogP contribution in [0.1, 0.15) is 17.7 Å². The van der Waals surface area contributed by atoms with Crippen LogP contribution in [-0.2, 0) is 11.3 Å². The van der Waals surface area contributed by atoms with E-state index in [0.29, 0.717) is 6.54 Å². The highest BCUT2D eigenvalue weighted by molar-refractivity contribution is 7.09. The molecule has 116 valence electrons. The van der Waals surface area contributed by atoms with Crippen LogP contribution in [0, 0.1) is 0 Å². The molecule has 0 bridgehead atoms. The van der Waals surface area contributed by atoms with E-state index in [9.17, 15) is 4.79 Å². The molecule has 1 saturated heterocycles. The second-order valence-corrected chi connectivity index (χ2v) is 6.38. The van der Waals surface area contributed by atoms with Crippen molar-refractivity contribution >= 4 is 23.1 Å². The van der Waals surface area contributed by atoms with Gasteiger partial charge in [0.2, 0.25) is 0 Å². The number of thiophene rings is 1. The Hall–Kier alpha value is -1.85. The van der Waals surface area contributed by atoms with E-state index in [4.69, 9.17) is 4.74 Å². The van der Waals surface area contributed by atoms with Gasteiger partial charge in [-0.15, -0.1) is 11.3 Å². The smallest absolute Gasteiger partial charge is 0.322 e. The number of nitrogens with zero attached hydrogens (tertiary/aromatic N) is 1. The molecule has 3 rings (SSSR count). The summed E-state index contributed by atoms with van der Waals surface area (Å²) in [4.78, 5) is 15.9. The van der Waals surface area contributed by atoms with Gasteiger partial charge in [-0.3, -0.25) is 0 Å². The van der Waals surface area contributed by atoms with Gasteiger partial charge in [0, 0.05) is 29.8 Å². The summed E-state index contributed by atoms with van der Waals surface area (Å²) in [6, 6.07) is 13.9. The van der Waals surface area contributed by atoms with Crippen LogP contribution in [0.5, 0.6) is 0 Å². The third kappa shape index (κ3) is 3.87. The van der Waals surface area contributed by atoms with E-state index in [1.807, 2.05) is 46.7 Å². The minimum atomic E-state index is -0.0356. The molecule has 1 aromatic heterocycles. The number of carbonyl (C=O) groups excluding carboxylic acids is 1. The number of nitrogens with one attached hydrogen (secondary N) is 1. The van der Waals surface area contributed by atoms with Crippen LogP contribution in [0.3, 0.4) is 0 Å². The van der Waals surface area contributed by atoms with Crippen molar-refractivity contribution in [3.63, 3.8) is 0 Å². The molecule has 1 aliphatic heterocycles. The van der Waals surface area contributed by atoms with Crippen molar-refractivity contribution in [2.45, 2.75) is 25.4 Å². The first-order chi connectivity index (χ1) is 10.8. The Morgan fingerprint density at radius 3 is 2.64 bits per heavy atom. The van der Waals surface area contributed by atoms with Crippen molar-refractivity contribution < 1.29 is 9.53 Å². The molecule has 0 aliphatic carbocycles. The molecule has 2 amide bonds. The van der Waals surface area contributed by atoms with E-state index in [1.54, 1.807) is 11.3 Å². The Morgan fingerprint density at radius 2 is 1.95 bits per heavy atom. The first-order valence-electron chi connectivity index (χ1n) is 7.56. The van der Waals surface area contributed by atoms with Gasteiger partial charge in [0.15, 0.2) is 0 Å². The number of carbonyl (C=O) groups is 1. The zero-order valence-corrected chi connectivity index (χ0v) is 13.2. The first-order valence-corrected chi connectivity index (χ1v) is 8.44. The van der Waals surface area contributed by atoms with Crippen LogP contribution in [0.15, 0.2) is 47.8 Å². The lowest BCUT2D eigenvalue weighted by atomic mass is 10.1. The molecule has 0 radical (unpaired) electrons. The second kappa shape index (κ2) is 7.42. The summed E-state index contributed by atoms with van der Waals surface area (Å²) >= 11 is 1.69. The normalized spacial score (nSPS) is 15.5. The molecule has 0 spiro atoms. The lowest BCUT2D eigenvalue weighted by Crippen LogP contribution is -2.44. The van der Waals surface area contributed by atoms with Gasteiger partial charge < -0.3 is 15.0 Å². The predicted molar refractivity (Wildman–Crippen MR) is 89.2 cm³/mol. The fraction of sp³-hybridized carbons (Fsp3) is 0.353. The van der Waals surface area contributed by atoms with Crippen molar-refractivity contribution in [1.29, 1.82) is 0 Å². The van der Waals surface area contributed by atoms with E-state index in [2.05, 4.69) is 11.4 Å². The van der Waals surface area contributed by atoms with Gasteiger partial charge in [-0.2, -0.15) is 0 Å². The quantitative estimate of drug-likeness (QED) is 0.927. The largest absolute Gasteiger partial charge is 0.381 e. The number of amides is 2.